The Labute approximate surface area is 158 Å². The Balaban J connectivity index is 1.62. The van der Waals surface area contributed by atoms with E-state index in [0.29, 0.717) is 10.6 Å². The Bertz CT molecular complexity index is 859. The monoisotopic (exact) mass is 392 g/mol. The van der Waals surface area contributed by atoms with Crippen LogP contribution in [-0.2, 0) is 16.6 Å². The van der Waals surface area contributed by atoms with Crippen molar-refractivity contribution in [2.45, 2.75) is 43.2 Å². The van der Waals surface area contributed by atoms with E-state index in [9.17, 15) is 13.2 Å². The molecule has 138 valence electrons. The third-order valence-electron chi connectivity index (χ3n) is 4.50. The molecule has 0 unspecified atom stereocenters. The number of hydrogen-bond donors (Lipinski definition) is 2. The SMILES string of the molecule is O=C(NC1CCCC1)c1ccc(S(=O)(=O)NCc2ccc(Cl)cc2)cc1. The summed E-state index contributed by atoms with van der Waals surface area (Å²) in [6.45, 7) is 0.170. The minimum Gasteiger partial charge on any atom is -0.349 e. The molecule has 2 aromatic carbocycles. The molecule has 1 saturated carbocycles. The van der Waals surface area contributed by atoms with E-state index in [4.69, 9.17) is 11.6 Å². The molecule has 0 saturated heterocycles. The van der Waals surface area contributed by atoms with Crippen LogP contribution in [0.1, 0.15) is 41.6 Å². The lowest BCUT2D eigenvalue weighted by Crippen LogP contribution is -2.32. The summed E-state index contributed by atoms with van der Waals surface area (Å²) in [4.78, 5) is 12.3. The summed E-state index contributed by atoms with van der Waals surface area (Å²) in [6.07, 6.45) is 4.29. The number of sulfonamides is 1. The Kier molecular flexibility index (Phi) is 5.96. The molecule has 26 heavy (non-hydrogen) atoms. The van der Waals surface area contributed by atoms with Gasteiger partial charge in [-0.15, -0.1) is 0 Å². The average Bonchev–Trinajstić information content (AvgIpc) is 3.14. The molecule has 0 aliphatic heterocycles. The fraction of sp³-hybridized carbons (Fsp3) is 0.316. The van der Waals surface area contributed by atoms with Gasteiger partial charge in [-0.05, 0) is 54.8 Å². The molecule has 3 rings (SSSR count). The first-order valence-electron chi connectivity index (χ1n) is 8.59. The maximum atomic E-state index is 12.4. The van der Waals surface area contributed by atoms with Gasteiger partial charge in [0.15, 0.2) is 0 Å². The number of amides is 1. The Hall–Kier alpha value is -1.89. The van der Waals surface area contributed by atoms with E-state index in [-0.39, 0.29) is 23.4 Å². The van der Waals surface area contributed by atoms with Gasteiger partial charge in [0.05, 0.1) is 4.90 Å². The molecule has 1 aliphatic carbocycles. The van der Waals surface area contributed by atoms with Crippen molar-refractivity contribution in [2.75, 3.05) is 0 Å². The predicted molar refractivity (Wildman–Crippen MR) is 102 cm³/mol. The highest BCUT2D eigenvalue weighted by Gasteiger charge is 2.19. The number of nitrogens with one attached hydrogen (secondary N) is 2. The minimum absolute atomic E-state index is 0.129. The van der Waals surface area contributed by atoms with Crippen molar-refractivity contribution in [2.24, 2.45) is 0 Å². The third kappa shape index (κ3) is 4.84. The summed E-state index contributed by atoms with van der Waals surface area (Å²) in [6, 6.07) is 13.2. The van der Waals surface area contributed by atoms with Crippen molar-refractivity contribution in [3.05, 3.63) is 64.7 Å². The van der Waals surface area contributed by atoms with Crippen LogP contribution in [0.5, 0.6) is 0 Å². The molecular weight excluding hydrogens is 372 g/mol. The normalized spacial score (nSPS) is 15.1. The second-order valence-electron chi connectivity index (χ2n) is 6.43. The van der Waals surface area contributed by atoms with Crippen LogP contribution in [0.2, 0.25) is 5.02 Å². The van der Waals surface area contributed by atoms with Crippen LogP contribution in [0.15, 0.2) is 53.4 Å². The van der Waals surface area contributed by atoms with Gasteiger partial charge in [-0.2, -0.15) is 0 Å². The van der Waals surface area contributed by atoms with Gasteiger partial charge >= 0.3 is 0 Å². The predicted octanol–water partition coefficient (Wildman–Crippen LogP) is 3.49. The molecule has 1 aliphatic rings. The van der Waals surface area contributed by atoms with E-state index >= 15 is 0 Å². The fourth-order valence-corrected chi connectivity index (χ4v) is 4.13. The zero-order valence-electron chi connectivity index (χ0n) is 14.2. The van der Waals surface area contributed by atoms with Gasteiger partial charge in [-0.25, -0.2) is 13.1 Å². The lowest BCUT2D eigenvalue weighted by molar-refractivity contribution is 0.0938. The van der Waals surface area contributed by atoms with E-state index in [1.54, 1.807) is 36.4 Å². The van der Waals surface area contributed by atoms with Crippen molar-refractivity contribution < 1.29 is 13.2 Å². The van der Waals surface area contributed by atoms with Crippen molar-refractivity contribution in [1.29, 1.82) is 0 Å². The number of carbonyl (C=O) groups excluding carboxylic acids is 1. The number of rotatable bonds is 6. The molecule has 0 bridgehead atoms. The first-order valence-corrected chi connectivity index (χ1v) is 10.5. The molecule has 1 amide bonds. The van der Waals surface area contributed by atoms with Crippen molar-refractivity contribution in [3.63, 3.8) is 0 Å². The van der Waals surface area contributed by atoms with E-state index in [1.807, 2.05) is 0 Å². The van der Waals surface area contributed by atoms with E-state index in [1.165, 1.54) is 12.1 Å². The molecule has 2 N–H and O–H groups in total. The Morgan fingerprint density at radius 2 is 1.62 bits per heavy atom. The summed E-state index contributed by atoms with van der Waals surface area (Å²) >= 11 is 5.82. The molecule has 0 heterocycles. The van der Waals surface area contributed by atoms with Crippen molar-refractivity contribution in [3.8, 4) is 0 Å². The molecule has 0 atom stereocenters. The number of hydrogen-bond acceptors (Lipinski definition) is 3. The number of carbonyl (C=O) groups is 1. The average molecular weight is 393 g/mol. The van der Waals surface area contributed by atoms with Gasteiger partial charge in [-0.3, -0.25) is 4.79 Å². The molecule has 0 aromatic heterocycles. The smallest absolute Gasteiger partial charge is 0.251 e. The van der Waals surface area contributed by atoms with Crippen molar-refractivity contribution in [1.82, 2.24) is 10.0 Å². The fourth-order valence-electron chi connectivity index (χ4n) is 2.99. The Morgan fingerprint density at radius 1 is 1.00 bits per heavy atom. The molecule has 2 aromatic rings. The molecule has 0 radical (unpaired) electrons. The Morgan fingerprint density at radius 3 is 2.23 bits per heavy atom. The van der Waals surface area contributed by atoms with Crippen LogP contribution in [-0.4, -0.2) is 20.4 Å². The highest BCUT2D eigenvalue weighted by atomic mass is 35.5. The van der Waals surface area contributed by atoms with Gasteiger partial charge in [0, 0.05) is 23.2 Å². The quantitative estimate of drug-likeness (QED) is 0.790. The van der Waals surface area contributed by atoms with Gasteiger partial charge in [0.25, 0.3) is 5.91 Å². The molecule has 0 spiro atoms. The third-order valence-corrected chi connectivity index (χ3v) is 6.17. The van der Waals surface area contributed by atoms with Gasteiger partial charge in [0.1, 0.15) is 0 Å². The lowest BCUT2D eigenvalue weighted by atomic mass is 10.2. The number of benzene rings is 2. The molecule has 5 nitrogen and oxygen atoms in total. The summed E-state index contributed by atoms with van der Waals surface area (Å²) in [7, 11) is -3.65. The maximum Gasteiger partial charge on any atom is 0.251 e. The van der Waals surface area contributed by atoms with Crippen LogP contribution in [0, 0.1) is 0 Å². The van der Waals surface area contributed by atoms with Gasteiger partial charge in [-0.1, -0.05) is 36.6 Å². The highest BCUT2D eigenvalue weighted by molar-refractivity contribution is 7.89. The van der Waals surface area contributed by atoms with Crippen LogP contribution >= 0.6 is 11.6 Å². The largest absolute Gasteiger partial charge is 0.349 e. The molecule has 7 heteroatoms. The van der Waals surface area contributed by atoms with Crippen LogP contribution in [0.3, 0.4) is 0 Å². The number of halogens is 1. The van der Waals surface area contributed by atoms with Crippen LogP contribution in [0.25, 0.3) is 0 Å². The second kappa shape index (κ2) is 8.20. The second-order valence-corrected chi connectivity index (χ2v) is 8.63. The van der Waals surface area contributed by atoms with E-state index in [2.05, 4.69) is 10.0 Å². The van der Waals surface area contributed by atoms with Crippen LogP contribution < -0.4 is 10.0 Å². The summed E-state index contributed by atoms with van der Waals surface area (Å²) < 4.78 is 27.3. The van der Waals surface area contributed by atoms with E-state index in [0.717, 1.165) is 31.2 Å². The maximum absolute atomic E-state index is 12.4. The highest BCUT2D eigenvalue weighted by Crippen LogP contribution is 2.18. The summed E-state index contributed by atoms with van der Waals surface area (Å²) in [5.74, 6) is -0.157. The first kappa shape index (κ1) is 18.9. The van der Waals surface area contributed by atoms with E-state index < -0.39 is 10.0 Å². The summed E-state index contributed by atoms with van der Waals surface area (Å²) in [5.41, 5.74) is 1.28. The standard InChI is InChI=1S/C19H21ClN2O3S/c20-16-9-5-14(6-10-16)13-21-26(24,25)18-11-7-15(8-12-18)19(23)22-17-3-1-2-4-17/h5-12,17,21H,1-4,13H2,(H,22,23). The zero-order chi connectivity index (χ0) is 18.6. The zero-order valence-corrected chi connectivity index (χ0v) is 15.8. The minimum atomic E-state index is -3.65. The first-order chi connectivity index (χ1) is 12.4. The summed E-state index contributed by atoms with van der Waals surface area (Å²) in [5, 5.41) is 3.59. The lowest BCUT2D eigenvalue weighted by Gasteiger charge is -2.12. The van der Waals surface area contributed by atoms with Gasteiger partial charge in [0.2, 0.25) is 10.0 Å². The molecule has 1 fully saturated rings. The topological polar surface area (TPSA) is 75.3 Å². The van der Waals surface area contributed by atoms with Gasteiger partial charge < -0.3 is 5.32 Å². The molecular formula is C19H21ClN2O3S. The van der Waals surface area contributed by atoms with Crippen molar-refractivity contribution >= 4 is 27.5 Å². The van der Waals surface area contributed by atoms with Crippen LogP contribution in [0.4, 0.5) is 0 Å².